The molecule has 4 aromatic rings. The van der Waals surface area contributed by atoms with Gasteiger partial charge in [-0.05, 0) is 42.5 Å². The predicted molar refractivity (Wildman–Crippen MR) is 141 cm³/mol. The smallest absolute Gasteiger partial charge is 0.253 e. The van der Waals surface area contributed by atoms with Gasteiger partial charge in [-0.1, -0.05) is 23.2 Å². The fraction of sp³-hybridized carbons (Fsp3) is 0.160. The van der Waals surface area contributed by atoms with Crippen LogP contribution < -0.4 is 15.5 Å². The number of amides is 2. The lowest BCUT2D eigenvalue weighted by molar-refractivity contribution is -0.125. The number of aromatic nitrogens is 4. The van der Waals surface area contributed by atoms with Crippen LogP contribution in [0.4, 0.5) is 17.3 Å². The third-order valence-corrected chi connectivity index (χ3v) is 6.28. The first-order chi connectivity index (χ1) is 17.9. The fourth-order valence-electron chi connectivity index (χ4n) is 3.83. The molecule has 2 amide bonds. The SMILES string of the molecule is CNC(=O)c1ccc(-n2cc(-c3nc(Nc4ccc(N5CCOCC5=O)cc4)ncc3Cl)cn2)c(Cl)c1. The number of nitrogens with one attached hydrogen (secondary N) is 2. The molecule has 10 nitrogen and oxygen atoms in total. The summed E-state index contributed by atoms with van der Waals surface area (Å²) in [6, 6.07) is 12.4. The zero-order valence-electron chi connectivity index (χ0n) is 19.6. The standard InChI is InChI=1S/C25H21Cl2N7O3/c1-28-24(36)15-2-7-21(19(26)10-15)34-13-16(11-30-34)23-20(27)12-29-25(32-23)31-17-3-5-18(6-4-17)33-8-9-37-14-22(33)35/h2-7,10-13H,8-9,14H2,1H3,(H,28,36)(H,29,31,32). The molecule has 0 bridgehead atoms. The third-order valence-electron chi connectivity index (χ3n) is 5.70. The number of carbonyl (C=O) groups is 2. The molecule has 1 aliphatic heterocycles. The Hall–Kier alpha value is -3.99. The van der Waals surface area contributed by atoms with Crippen LogP contribution in [0.2, 0.25) is 10.0 Å². The quantitative estimate of drug-likeness (QED) is 0.380. The molecule has 2 N–H and O–H groups in total. The second kappa shape index (κ2) is 10.6. The van der Waals surface area contributed by atoms with Gasteiger partial charge in [0.1, 0.15) is 6.61 Å². The number of ether oxygens (including phenoxy) is 1. The van der Waals surface area contributed by atoms with Crippen LogP contribution in [0, 0.1) is 0 Å². The van der Waals surface area contributed by atoms with Gasteiger partial charge in [0, 0.05) is 42.3 Å². The van der Waals surface area contributed by atoms with E-state index in [0.717, 1.165) is 11.4 Å². The molecule has 0 aliphatic carbocycles. The minimum absolute atomic E-state index is 0.0677. The number of halogens is 2. The molecule has 12 heteroatoms. The first-order valence-corrected chi connectivity index (χ1v) is 12.0. The average molecular weight is 538 g/mol. The van der Waals surface area contributed by atoms with Gasteiger partial charge in [-0.25, -0.2) is 14.6 Å². The van der Waals surface area contributed by atoms with Crippen LogP contribution in [0.1, 0.15) is 10.4 Å². The number of benzene rings is 2. The maximum Gasteiger partial charge on any atom is 0.253 e. The Balaban J connectivity index is 1.35. The normalized spacial score (nSPS) is 13.5. The van der Waals surface area contributed by atoms with Crippen molar-refractivity contribution in [2.45, 2.75) is 0 Å². The molecule has 1 fully saturated rings. The van der Waals surface area contributed by atoms with Crippen molar-refractivity contribution in [2.24, 2.45) is 0 Å². The van der Waals surface area contributed by atoms with E-state index in [1.54, 1.807) is 47.2 Å². The molecule has 2 aromatic heterocycles. The highest BCUT2D eigenvalue weighted by atomic mass is 35.5. The molecule has 1 aliphatic rings. The summed E-state index contributed by atoms with van der Waals surface area (Å²) in [6.45, 7) is 1.12. The largest absolute Gasteiger partial charge is 0.370 e. The maximum atomic E-state index is 12.1. The van der Waals surface area contributed by atoms with Crippen molar-refractivity contribution in [3.63, 3.8) is 0 Å². The van der Waals surface area contributed by atoms with Crippen molar-refractivity contribution in [2.75, 3.05) is 37.0 Å². The molecule has 5 rings (SSSR count). The number of nitrogens with zero attached hydrogens (tertiary/aromatic N) is 5. The van der Waals surface area contributed by atoms with E-state index in [9.17, 15) is 9.59 Å². The second-order valence-electron chi connectivity index (χ2n) is 8.08. The maximum absolute atomic E-state index is 12.1. The number of hydrogen-bond donors (Lipinski definition) is 2. The zero-order chi connectivity index (χ0) is 25.9. The molecule has 0 saturated carbocycles. The molecule has 0 atom stereocenters. The molecule has 0 unspecified atom stereocenters. The lowest BCUT2D eigenvalue weighted by Crippen LogP contribution is -2.41. The Morgan fingerprint density at radius 1 is 1.08 bits per heavy atom. The van der Waals surface area contributed by atoms with Crippen molar-refractivity contribution < 1.29 is 14.3 Å². The summed E-state index contributed by atoms with van der Waals surface area (Å²) in [7, 11) is 1.56. The molecular weight excluding hydrogens is 517 g/mol. The molecule has 1 saturated heterocycles. The number of morpholine rings is 1. The number of rotatable bonds is 6. The topological polar surface area (TPSA) is 114 Å². The number of anilines is 3. The van der Waals surface area contributed by atoms with Gasteiger partial charge in [0.2, 0.25) is 5.95 Å². The summed E-state index contributed by atoms with van der Waals surface area (Å²) >= 11 is 12.8. The third kappa shape index (κ3) is 5.26. The Bertz CT molecular complexity index is 1470. The van der Waals surface area contributed by atoms with Crippen LogP contribution in [0.5, 0.6) is 0 Å². The van der Waals surface area contributed by atoms with E-state index in [-0.39, 0.29) is 18.4 Å². The van der Waals surface area contributed by atoms with Crippen molar-refractivity contribution in [1.82, 2.24) is 25.1 Å². The van der Waals surface area contributed by atoms with E-state index in [1.165, 1.54) is 6.20 Å². The molecule has 0 radical (unpaired) electrons. The highest BCUT2D eigenvalue weighted by molar-refractivity contribution is 6.33. The minimum atomic E-state index is -0.230. The highest BCUT2D eigenvalue weighted by Crippen LogP contribution is 2.29. The summed E-state index contributed by atoms with van der Waals surface area (Å²) in [5.41, 5.74) is 3.73. The summed E-state index contributed by atoms with van der Waals surface area (Å²) in [5.74, 6) is 0.0452. The molecule has 3 heterocycles. The number of carbonyl (C=O) groups excluding carboxylic acids is 2. The van der Waals surface area contributed by atoms with Crippen molar-refractivity contribution >= 4 is 52.3 Å². The van der Waals surface area contributed by atoms with E-state index in [2.05, 4.69) is 25.7 Å². The van der Waals surface area contributed by atoms with Crippen LogP contribution >= 0.6 is 23.2 Å². The van der Waals surface area contributed by atoms with Crippen molar-refractivity contribution in [1.29, 1.82) is 0 Å². The monoisotopic (exact) mass is 537 g/mol. The summed E-state index contributed by atoms with van der Waals surface area (Å²) in [5, 5.41) is 10.8. The average Bonchev–Trinajstić information content (AvgIpc) is 3.40. The van der Waals surface area contributed by atoms with Gasteiger partial charge >= 0.3 is 0 Å². The molecule has 2 aromatic carbocycles. The van der Waals surface area contributed by atoms with Gasteiger partial charge < -0.3 is 20.3 Å². The van der Waals surface area contributed by atoms with E-state index >= 15 is 0 Å². The van der Waals surface area contributed by atoms with Crippen molar-refractivity contribution in [3.8, 4) is 16.9 Å². The van der Waals surface area contributed by atoms with Gasteiger partial charge in [-0.15, -0.1) is 0 Å². The summed E-state index contributed by atoms with van der Waals surface area (Å²) < 4.78 is 6.77. The lowest BCUT2D eigenvalue weighted by Gasteiger charge is -2.26. The number of hydrogen-bond acceptors (Lipinski definition) is 7. The van der Waals surface area contributed by atoms with E-state index < -0.39 is 0 Å². The van der Waals surface area contributed by atoms with E-state index in [4.69, 9.17) is 27.9 Å². The molecule has 188 valence electrons. The van der Waals surface area contributed by atoms with E-state index in [1.807, 2.05) is 24.3 Å². The van der Waals surface area contributed by atoms with Gasteiger partial charge in [0.15, 0.2) is 0 Å². The lowest BCUT2D eigenvalue weighted by atomic mass is 10.2. The highest BCUT2D eigenvalue weighted by Gasteiger charge is 2.20. The first-order valence-electron chi connectivity index (χ1n) is 11.3. The van der Waals surface area contributed by atoms with Gasteiger partial charge in [0.25, 0.3) is 11.8 Å². The zero-order valence-corrected chi connectivity index (χ0v) is 21.1. The summed E-state index contributed by atoms with van der Waals surface area (Å²) in [6.07, 6.45) is 4.87. The van der Waals surface area contributed by atoms with E-state index in [0.29, 0.717) is 51.7 Å². The second-order valence-corrected chi connectivity index (χ2v) is 8.89. The van der Waals surface area contributed by atoms with Gasteiger partial charge in [0.05, 0.1) is 40.4 Å². The van der Waals surface area contributed by atoms with Crippen molar-refractivity contribution in [3.05, 3.63) is 76.7 Å². The van der Waals surface area contributed by atoms with Gasteiger partial charge in [-0.2, -0.15) is 5.10 Å². The fourth-order valence-corrected chi connectivity index (χ4v) is 4.30. The Labute approximate surface area is 222 Å². The summed E-state index contributed by atoms with van der Waals surface area (Å²) in [4.78, 5) is 34.5. The minimum Gasteiger partial charge on any atom is -0.370 e. The van der Waals surface area contributed by atoms with Crippen LogP contribution in [0.3, 0.4) is 0 Å². The molecule has 0 spiro atoms. The van der Waals surface area contributed by atoms with Gasteiger partial charge in [-0.3, -0.25) is 9.59 Å². The predicted octanol–water partition coefficient (Wildman–Crippen LogP) is 4.10. The molecule has 37 heavy (non-hydrogen) atoms. The Morgan fingerprint density at radius 3 is 2.62 bits per heavy atom. The van der Waals surface area contributed by atoms with Crippen LogP contribution in [-0.2, 0) is 9.53 Å². The Kier molecular flexibility index (Phi) is 7.04. The Morgan fingerprint density at radius 2 is 1.89 bits per heavy atom. The van der Waals surface area contributed by atoms with Crippen LogP contribution in [-0.4, -0.2) is 58.4 Å². The molecular formula is C25H21Cl2N7O3. The van der Waals surface area contributed by atoms with Crippen LogP contribution in [0.15, 0.2) is 61.1 Å². The first kappa shape index (κ1) is 24.7. The van der Waals surface area contributed by atoms with Crippen LogP contribution in [0.25, 0.3) is 16.9 Å².